The summed E-state index contributed by atoms with van der Waals surface area (Å²) in [4.78, 5) is 12.2. The van der Waals surface area contributed by atoms with Gasteiger partial charge in [-0.15, -0.1) is 11.3 Å². The Morgan fingerprint density at radius 1 is 0.821 bits per heavy atom. The summed E-state index contributed by atoms with van der Waals surface area (Å²) in [6, 6.07) is 11.8. The van der Waals surface area contributed by atoms with E-state index in [0.29, 0.717) is 11.7 Å². The van der Waals surface area contributed by atoms with Crippen LogP contribution in [-0.4, -0.2) is 18.6 Å². The molecule has 1 unspecified atom stereocenters. The van der Waals surface area contributed by atoms with Crippen LogP contribution < -0.4 is 14.0 Å². The molecule has 0 bridgehead atoms. The molecule has 212 valence electrons. The van der Waals surface area contributed by atoms with Gasteiger partial charge in [-0.1, -0.05) is 88.4 Å². The number of ether oxygens (including phenoxy) is 2. The molecule has 0 amide bonds. The maximum Gasteiger partial charge on any atom is 0.365 e. The van der Waals surface area contributed by atoms with Gasteiger partial charge in [-0.25, -0.2) is 4.57 Å². The third-order valence-corrected chi connectivity index (χ3v) is 8.90. The zero-order valence-corrected chi connectivity index (χ0v) is 26.0. The second kappa shape index (κ2) is 17.5. The Labute approximate surface area is 242 Å². The Morgan fingerprint density at radius 3 is 2.21 bits per heavy atom. The van der Waals surface area contributed by atoms with Gasteiger partial charge in [-0.2, -0.15) is 0 Å². The van der Waals surface area contributed by atoms with Crippen molar-refractivity contribution in [2.45, 2.75) is 84.5 Å². The van der Waals surface area contributed by atoms with Crippen LogP contribution in [0, 0.1) is 11.8 Å². The van der Waals surface area contributed by atoms with Gasteiger partial charge in [0.05, 0.1) is 18.6 Å². The fourth-order valence-corrected chi connectivity index (χ4v) is 6.52. The second-order valence-electron chi connectivity index (χ2n) is 9.43. The third kappa shape index (κ3) is 10.4. The van der Waals surface area contributed by atoms with Crippen LogP contribution in [0.25, 0.3) is 20.9 Å². The van der Waals surface area contributed by atoms with Crippen molar-refractivity contribution in [3.8, 4) is 49.3 Å². The van der Waals surface area contributed by atoms with Crippen LogP contribution in [0.5, 0.6) is 16.6 Å². The number of hydrogen-bond donors (Lipinski definition) is 1. The molecule has 0 saturated heterocycles. The molecule has 0 aliphatic heterocycles. The molecule has 0 aliphatic rings. The lowest BCUT2D eigenvalue weighted by atomic mass is 10.1. The summed E-state index contributed by atoms with van der Waals surface area (Å²) in [5, 5.41) is 0.399. The van der Waals surface area contributed by atoms with E-state index in [-0.39, 0.29) is 0 Å². The fraction of sp³-hybridized carbons (Fsp3) is 0.484. The standard InChI is InChI=1S/C31H41O5PS2/c1-4-6-8-10-11-12-13-14-16-24-17-18-29(38-24)25-23-28(35-21-15-9-7-5-2)26(22-27(25)34-3)30-19-20-31(39-30)36-37(32)33/h17-20,22-23,37H,4-13,15,21H2,1-3H3,(H,32,33). The molecule has 1 aromatic carbocycles. The minimum Gasteiger partial charge on any atom is -0.496 e. The Kier molecular flexibility index (Phi) is 14.0. The van der Waals surface area contributed by atoms with Gasteiger partial charge in [-0.05, 0) is 49.2 Å². The van der Waals surface area contributed by atoms with Gasteiger partial charge in [0.15, 0.2) is 5.06 Å². The summed E-state index contributed by atoms with van der Waals surface area (Å²) in [6.45, 7) is 5.06. The van der Waals surface area contributed by atoms with Crippen molar-refractivity contribution in [2.75, 3.05) is 13.7 Å². The van der Waals surface area contributed by atoms with Crippen LogP contribution >= 0.6 is 30.9 Å². The van der Waals surface area contributed by atoms with Crippen molar-refractivity contribution < 1.29 is 23.5 Å². The van der Waals surface area contributed by atoms with Gasteiger partial charge in [0, 0.05) is 27.3 Å². The van der Waals surface area contributed by atoms with Crippen molar-refractivity contribution in [1.29, 1.82) is 0 Å². The van der Waals surface area contributed by atoms with Gasteiger partial charge < -0.3 is 18.9 Å². The fourth-order valence-electron chi connectivity index (χ4n) is 4.24. The summed E-state index contributed by atoms with van der Waals surface area (Å²) in [5.41, 5.74) is 1.84. The van der Waals surface area contributed by atoms with Gasteiger partial charge in [-0.3, -0.25) is 0 Å². The zero-order chi connectivity index (χ0) is 27.9. The molecular weight excluding hydrogens is 547 g/mol. The molecule has 39 heavy (non-hydrogen) atoms. The predicted octanol–water partition coefficient (Wildman–Crippen LogP) is 9.97. The second-order valence-corrected chi connectivity index (χ2v) is 12.3. The summed E-state index contributed by atoms with van der Waals surface area (Å²) in [7, 11) is -1.39. The number of methoxy groups -OCH3 is 1. The molecule has 0 radical (unpaired) electrons. The molecule has 3 aromatic rings. The highest BCUT2D eigenvalue weighted by atomic mass is 32.1. The van der Waals surface area contributed by atoms with E-state index < -0.39 is 8.25 Å². The first-order chi connectivity index (χ1) is 19.0. The van der Waals surface area contributed by atoms with Crippen molar-refractivity contribution >= 4 is 30.9 Å². The predicted molar refractivity (Wildman–Crippen MR) is 166 cm³/mol. The van der Waals surface area contributed by atoms with E-state index in [1.165, 1.54) is 56.3 Å². The molecule has 0 aliphatic carbocycles. The van der Waals surface area contributed by atoms with Crippen molar-refractivity contribution in [3.63, 3.8) is 0 Å². The quantitative estimate of drug-likeness (QED) is 0.0966. The maximum absolute atomic E-state index is 11.2. The monoisotopic (exact) mass is 588 g/mol. The van der Waals surface area contributed by atoms with Crippen LogP contribution in [-0.2, 0) is 4.57 Å². The van der Waals surface area contributed by atoms with E-state index in [9.17, 15) is 9.46 Å². The zero-order valence-electron chi connectivity index (χ0n) is 23.3. The van der Waals surface area contributed by atoms with Crippen molar-refractivity contribution in [3.05, 3.63) is 41.3 Å². The van der Waals surface area contributed by atoms with E-state index in [4.69, 9.17) is 14.0 Å². The molecule has 8 heteroatoms. The molecule has 1 atom stereocenters. The van der Waals surface area contributed by atoms with Gasteiger partial charge in [0.25, 0.3) is 0 Å². The average molecular weight is 589 g/mol. The molecule has 0 fully saturated rings. The molecule has 3 rings (SSSR count). The summed E-state index contributed by atoms with van der Waals surface area (Å²) in [5.74, 6) is 8.18. The average Bonchev–Trinajstić information content (AvgIpc) is 3.59. The van der Waals surface area contributed by atoms with E-state index in [1.807, 2.05) is 18.2 Å². The molecular formula is C31H41O5PS2. The third-order valence-electron chi connectivity index (χ3n) is 6.33. The van der Waals surface area contributed by atoms with Crippen LogP contribution in [0.2, 0.25) is 0 Å². The maximum atomic E-state index is 11.2. The Balaban J connectivity index is 1.81. The topological polar surface area (TPSA) is 65.0 Å². The lowest BCUT2D eigenvalue weighted by Crippen LogP contribution is -2.00. The van der Waals surface area contributed by atoms with Crippen molar-refractivity contribution in [2.24, 2.45) is 0 Å². The number of benzene rings is 1. The van der Waals surface area contributed by atoms with E-state index in [0.717, 1.165) is 62.9 Å². The van der Waals surface area contributed by atoms with E-state index >= 15 is 0 Å². The Bertz CT molecular complexity index is 1240. The largest absolute Gasteiger partial charge is 0.496 e. The highest BCUT2D eigenvalue weighted by Crippen LogP contribution is 2.46. The normalized spacial score (nSPS) is 11.6. The summed E-state index contributed by atoms with van der Waals surface area (Å²) in [6.07, 6.45) is 13.1. The number of unbranched alkanes of at least 4 members (excludes halogenated alkanes) is 9. The molecule has 0 saturated carbocycles. The van der Waals surface area contributed by atoms with Gasteiger partial charge >= 0.3 is 8.25 Å². The summed E-state index contributed by atoms with van der Waals surface area (Å²) < 4.78 is 28.3. The minimum atomic E-state index is -3.06. The van der Waals surface area contributed by atoms with E-state index in [2.05, 4.69) is 37.8 Å². The molecule has 2 heterocycles. The molecule has 0 spiro atoms. The number of thiophene rings is 2. The van der Waals surface area contributed by atoms with Gasteiger partial charge in [0.1, 0.15) is 11.5 Å². The highest BCUT2D eigenvalue weighted by Gasteiger charge is 2.18. The van der Waals surface area contributed by atoms with Gasteiger partial charge in [0.2, 0.25) is 0 Å². The first-order valence-corrected chi connectivity index (χ1v) is 16.9. The lowest BCUT2D eigenvalue weighted by Gasteiger charge is -2.15. The first kappa shape index (κ1) is 31.3. The van der Waals surface area contributed by atoms with Crippen molar-refractivity contribution in [1.82, 2.24) is 0 Å². The van der Waals surface area contributed by atoms with Crippen LogP contribution in [0.3, 0.4) is 0 Å². The van der Waals surface area contributed by atoms with Crippen LogP contribution in [0.15, 0.2) is 36.4 Å². The van der Waals surface area contributed by atoms with E-state index in [1.54, 1.807) is 24.5 Å². The Hall–Kier alpha value is -2.23. The smallest absolute Gasteiger partial charge is 0.365 e. The van der Waals surface area contributed by atoms with Crippen LogP contribution in [0.4, 0.5) is 0 Å². The van der Waals surface area contributed by atoms with Crippen LogP contribution in [0.1, 0.15) is 89.4 Å². The molecule has 1 N–H and O–H groups in total. The summed E-state index contributed by atoms with van der Waals surface area (Å²) >= 11 is 2.97. The number of hydrogen-bond acceptors (Lipinski definition) is 6. The number of rotatable bonds is 17. The Morgan fingerprint density at radius 2 is 1.46 bits per heavy atom. The molecule has 5 nitrogen and oxygen atoms in total. The first-order valence-electron chi connectivity index (χ1n) is 14.0. The molecule has 2 aromatic heterocycles. The minimum absolute atomic E-state index is 0.399. The SMILES string of the molecule is CCCCCCCCC#Cc1ccc(-c2cc(OCCCCCC)c(-c3ccc(O[PH](=O)O)s3)cc2OC)s1. The lowest BCUT2D eigenvalue weighted by molar-refractivity contribution is 0.306. The highest BCUT2D eigenvalue weighted by molar-refractivity contribution is 7.33.